The van der Waals surface area contributed by atoms with Crippen LogP contribution in [0.4, 0.5) is 8.78 Å². The zero-order chi connectivity index (χ0) is 17.7. The molecular weight excluding hydrogens is 334 g/mol. The van der Waals surface area contributed by atoms with Gasteiger partial charge in [0.25, 0.3) is 0 Å². The molecule has 4 aromatic rings. The fourth-order valence-corrected chi connectivity index (χ4v) is 3.12. The molecule has 0 aromatic carbocycles. The van der Waals surface area contributed by atoms with Crippen molar-refractivity contribution in [1.29, 1.82) is 0 Å². The minimum Gasteiger partial charge on any atom is -0.355 e. The number of aromatic amines is 4. The summed E-state index contributed by atoms with van der Waals surface area (Å²) in [6, 6.07) is 13.8. The van der Waals surface area contributed by atoms with Crippen LogP contribution >= 0.6 is 0 Å². The lowest BCUT2D eigenvalue weighted by Gasteiger charge is -1.93. The van der Waals surface area contributed by atoms with Gasteiger partial charge in [0.1, 0.15) is 0 Å². The number of hydrogen-bond acceptors (Lipinski definition) is 0. The third-order valence-corrected chi connectivity index (χ3v) is 4.40. The zero-order valence-electron chi connectivity index (χ0n) is 13.5. The molecule has 0 saturated heterocycles. The molecule has 0 amide bonds. The van der Waals surface area contributed by atoms with Gasteiger partial charge in [0, 0.05) is 22.1 Å². The molecule has 1 aliphatic heterocycles. The summed E-state index contributed by atoms with van der Waals surface area (Å²) in [6.07, 6.45) is 3.79. The van der Waals surface area contributed by atoms with Crippen molar-refractivity contribution in [3.8, 4) is 0 Å². The summed E-state index contributed by atoms with van der Waals surface area (Å²) in [7, 11) is 0. The number of aromatic nitrogens is 4. The van der Waals surface area contributed by atoms with Crippen LogP contribution in [0.3, 0.4) is 0 Å². The predicted molar refractivity (Wildman–Crippen MR) is 96.0 cm³/mol. The second kappa shape index (κ2) is 5.49. The maximum absolute atomic E-state index is 14.7. The first-order chi connectivity index (χ1) is 12.7. The van der Waals surface area contributed by atoms with Crippen LogP contribution in [0.15, 0.2) is 48.5 Å². The number of hydrogen-bond donors (Lipinski definition) is 4. The molecule has 0 fully saturated rings. The van der Waals surface area contributed by atoms with Gasteiger partial charge in [-0.2, -0.15) is 0 Å². The Hall–Kier alpha value is -3.54. The molecule has 1 aliphatic rings. The van der Waals surface area contributed by atoms with E-state index in [0.29, 0.717) is 11.4 Å². The minimum absolute atomic E-state index is 0.219. The molecule has 26 heavy (non-hydrogen) atoms. The quantitative estimate of drug-likeness (QED) is 0.369. The van der Waals surface area contributed by atoms with Crippen LogP contribution in [0.5, 0.6) is 0 Å². The SMILES string of the molecule is FC1=c2ccc([nH]2)=C(F)c2ccc([nH]2)C=c2ccc([nH]2)=Cc2ccc1[nH]2. The van der Waals surface area contributed by atoms with Crippen LogP contribution in [-0.2, 0) is 0 Å². The first-order valence-electron chi connectivity index (χ1n) is 8.18. The molecule has 4 N–H and O–H groups in total. The van der Waals surface area contributed by atoms with Crippen molar-refractivity contribution >= 4 is 23.8 Å². The van der Waals surface area contributed by atoms with E-state index in [2.05, 4.69) is 19.9 Å². The molecule has 6 heteroatoms. The Balaban J connectivity index is 1.85. The van der Waals surface area contributed by atoms with E-state index in [0.717, 1.165) is 22.1 Å². The van der Waals surface area contributed by atoms with Crippen molar-refractivity contribution in [2.24, 2.45) is 0 Å². The normalized spacial score (nSPS) is 13.5. The summed E-state index contributed by atoms with van der Waals surface area (Å²) in [5.74, 6) is -0.938. The summed E-state index contributed by atoms with van der Waals surface area (Å²) in [6.45, 7) is 0. The van der Waals surface area contributed by atoms with Crippen molar-refractivity contribution in [1.82, 2.24) is 19.9 Å². The smallest absolute Gasteiger partial charge is 0.170 e. The second-order valence-corrected chi connectivity index (χ2v) is 6.23. The highest BCUT2D eigenvalue weighted by Gasteiger charge is 2.08. The number of H-pyrrole nitrogens is 4. The van der Waals surface area contributed by atoms with Crippen molar-refractivity contribution in [3.05, 3.63) is 92.7 Å². The highest BCUT2D eigenvalue weighted by atomic mass is 19.1. The van der Waals surface area contributed by atoms with Gasteiger partial charge >= 0.3 is 0 Å². The lowest BCUT2D eigenvalue weighted by molar-refractivity contribution is 0.735. The summed E-state index contributed by atoms with van der Waals surface area (Å²) < 4.78 is 29.5. The first-order valence-corrected chi connectivity index (χ1v) is 8.18. The Kier molecular flexibility index (Phi) is 3.12. The second-order valence-electron chi connectivity index (χ2n) is 6.23. The average molecular weight is 348 g/mol. The van der Waals surface area contributed by atoms with Crippen molar-refractivity contribution in [2.75, 3.05) is 0 Å². The standard InChI is InChI=1S/C20H14F2N4/c21-19-15-5-3-13(24-15)9-11-1-2-12(23-11)10-14-4-6-16(25-14)20(22)18-8-7-17(19)26-18/h1-10,23-26H. The molecule has 0 atom stereocenters. The zero-order valence-corrected chi connectivity index (χ0v) is 13.5. The third kappa shape index (κ3) is 2.43. The Bertz CT molecular complexity index is 1260. The molecule has 0 radical (unpaired) electrons. The van der Waals surface area contributed by atoms with Crippen LogP contribution in [0.1, 0.15) is 22.8 Å². The van der Waals surface area contributed by atoms with E-state index in [9.17, 15) is 8.78 Å². The predicted octanol–water partition coefficient (Wildman–Crippen LogP) is 1.22. The fourth-order valence-electron chi connectivity index (χ4n) is 3.12. The number of fused-ring (bicyclic) bond motifs is 8. The first kappa shape index (κ1) is 14.8. The van der Waals surface area contributed by atoms with Gasteiger partial charge in [-0.15, -0.1) is 0 Å². The molecule has 4 nitrogen and oxygen atoms in total. The summed E-state index contributed by atoms with van der Waals surface area (Å²) in [5, 5.41) is 2.19. The van der Waals surface area contributed by atoms with E-state index in [4.69, 9.17) is 0 Å². The maximum atomic E-state index is 14.7. The van der Waals surface area contributed by atoms with Crippen molar-refractivity contribution in [3.63, 3.8) is 0 Å². The Labute approximate surface area is 145 Å². The van der Waals surface area contributed by atoms with Gasteiger partial charge < -0.3 is 19.9 Å². The number of nitrogens with one attached hydrogen (secondary N) is 4. The van der Waals surface area contributed by atoms with Crippen LogP contribution in [-0.4, -0.2) is 19.9 Å². The topological polar surface area (TPSA) is 63.2 Å². The van der Waals surface area contributed by atoms with E-state index in [-0.39, 0.29) is 10.7 Å². The monoisotopic (exact) mass is 348 g/mol. The van der Waals surface area contributed by atoms with Gasteiger partial charge in [-0.3, -0.25) is 0 Å². The van der Waals surface area contributed by atoms with E-state index in [1.165, 1.54) is 12.1 Å². The van der Waals surface area contributed by atoms with E-state index in [1.54, 1.807) is 24.3 Å². The van der Waals surface area contributed by atoms with E-state index in [1.807, 2.05) is 24.3 Å². The molecule has 128 valence electrons. The van der Waals surface area contributed by atoms with Crippen molar-refractivity contribution < 1.29 is 8.78 Å². The largest absolute Gasteiger partial charge is 0.355 e. The van der Waals surface area contributed by atoms with E-state index < -0.39 is 11.7 Å². The fraction of sp³-hybridized carbons (Fsp3) is 0. The highest BCUT2D eigenvalue weighted by Crippen LogP contribution is 2.14. The van der Waals surface area contributed by atoms with Gasteiger partial charge in [-0.05, 0) is 60.7 Å². The molecule has 0 unspecified atom stereocenters. The lowest BCUT2D eigenvalue weighted by atomic mass is 10.3. The minimum atomic E-state index is -0.469. The highest BCUT2D eigenvalue weighted by molar-refractivity contribution is 5.61. The average Bonchev–Trinajstić information content (AvgIpc) is 3.41. The molecule has 0 saturated carbocycles. The Morgan fingerprint density at radius 2 is 1.00 bits per heavy atom. The van der Waals surface area contributed by atoms with Gasteiger partial charge in [-0.25, -0.2) is 8.78 Å². The molecule has 5 heterocycles. The molecular formula is C20H14F2N4. The van der Waals surface area contributed by atoms with Gasteiger partial charge in [-0.1, -0.05) is 0 Å². The van der Waals surface area contributed by atoms with Crippen LogP contribution in [0.25, 0.3) is 23.8 Å². The molecule has 4 aromatic heterocycles. The lowest BCUT2D eigenvalue weighted by Crippen LogP contribution is -2.14. The van der Waals surface area contributed by atoms with Gasteiger partial charge in [0.05, 0.1) is 22.1 Å². The summed E-state index contributed by atoms with van der Waals surface area (Å²) >= 11 is 0. The Morgan fingerprint density at radius 1 is 0.500 bits per heavy atom. The Morgan fingerprint density at radius 3 is 1.50 bits per heavy atom. The molecule has 0 aliphatic carbocycles. The summed E-state index contributed by atoms with van der Waals surface area (Å²) in [4.78, 5) is 12.1. The number of rotatable bonds is 0. The van der Waals surface area contributed by atoms with E-state index >= 15 is 0 Å². The molecule has 5 rings (SSSR count). The number of halogens is 2. The van der Waals surface area contributed by atoms with Gasteiger partial charge in [0.2, 0.25) is 0 Å². The molecule has 0 spiro atoms. The van der Waals surface area contributed by atoms with Crippen molar-refractivity contribution in [2.45, 2.75) is 0 Å². The van der Waals surface area contributed by atoms with Crippen LogP contribution < -0.4 is 21.4 Å². The van der Waals surface area contributed by atoms with Gasteiger partial charge in [0.15, 0.2) is 11.7 Å². The third-order valence-electron chi connectivity index (χ3n) is 4.40. The maximum Gasteiger partial charge on any atom is 0.170 e. The molecule has 8 bridgehead atoms. The summed E-state index contributed by atoms with van der Waals surface area (Å²) in [5.41, 5.74) is 2.19. The van der Waals surface area contributed by atoms with Crippen LogP contribution in [0.2, 0.25) is 0 Å². The van der Waals surface area contributed by atoms with Crippen LogP contribution in [0, 0.1) is 0 Å².